The second-order valence-electron chi connectivity index (χ2n) is 2.79. The fraction of sp³-hybridized carbons (Fsp3) is 0.143. The number of nitrogens with zero attached hydrogens (tertiary/aromatic N) is 2. The summed E-state index contributed by atoms with van der Waals surface area (Å²) in [4.78, 5) is 10.5. The van der Waals surface area contributed by atoms with Crippen LogP contribution in [0.2, 0.25) is 0 Å². The van der Waals surface area contributed by atoms with Crippen LogP contribution in [-0.4, -0.2) is 27.9 Å². The highest BCUT2D eigenvalue weighted by atomic mass is 32.2. The van der Waals surface area contributed by atoms with Gasteiger partial charge in [0.05, 0.1) is 0 Å². The predicted molar refractivity (Wildman–Crippen MR) is 49.1 cm³/mol. The molecule has 14 heavy (non-hydrogen) atoms. The summed E-state index contributed by atoms with van der Waals surface area (Å²) in [5.74, 6) is -0.496. The van der Waals surface area contributed by atoms with Gasteiger partial charge in [0.1, 0.15) is 17.2 Å². The van der Waals surface area contributed by atoms with Crippen LogP contribution in [0.1, 0.15) is 5.82 Å². The van der Waals surface area contributed by atoms with Gasteiger partial charge in [0, 0.05) is 17.8 Å². The van der Waals surface area contributed by atoms with E-state index >= 15 is 0 Å². The minimum atomic E-state index is -4.07. The predicted octanol–water partition coefficient (Wildman–Crippen LogP) is 0.346. The first-order chi connectivity index (χ1) is 6.54. The molecule has 7 heteroatoms. The van der Waals surface area contributed by atoms with E-state index in [1.54, 1.807) is 12.3 Å². The fourth-order valence-electron chi connectivity index (χ4n) is 1.11. The lowest BCUT2D eigenvalue weighted by molar-refractivity contribution is 0.481. The fourth-order valence-corrected chi connectivity index (χ4v) is 1.57. The van der Waals surface area contributed by atoms with E-state index in [-0.39, 0.29) is 5.82 Å². The van der Waals surface area contributed by atoms with Crippen molar-refractivity contribution in [1.82, 2.24) is 15.0 Å². The van der Waals surface area contributed by atoms with Crippen LogP contribution in [0.25, 0.3) is 11.0 Å². The first kappa shape index (κ1) is 9.10. The van der Waals surface area contributed by atoms with Crippen LogP contribution in [-0.2, 0) is 15.9 Å². The van der Waals surface area contributed by atoms with Crippen molar-refractivity contribution in [2.75, 3.05) is 0 Å². The van der Waals surface area contributed by atoms with Crippen LogP contribution in [0.5, 0.6) is 0 Å². The molecule has 0 spiro atoms. The van der Waals surface area contributed by atoms with Crippen molar-refractivity contribution in [3.05, 3.63) is 24.3 Å². The molecule has 0 radical (unpaired) electrons. The van der Waals surface area contributed by atoms with Crippen LogP contribution in [0.3, 0.4) is 0 Å². The summed E-state index contributed by atoms with van der Waals surface area (Å²) in [6.45, 7) is 0. The zero-order chi connectivity index (χ0) is 10.2. The molecule has 0 aromatic carbocycles. The van der Waals surface area contributed by atoms with Crippen molar-refractivity contribution in [3.63, 3.8) is 0 Å². The second kappa shape index (κ2) is 3.03. The maximum absolute atomic E-state index is 10.5. The van der Waals surface area contributed by atoms with Crippen LogP contribution < -0.4 is 0 Å². The topological polar surface area (TPSA) is 95.9 Å². The molecule has 6 nitrogen and oxygen atoms in total. The number of hydrogen-bond donors (Lipinski definition) is 2. The first-order valence-corrected chi connectivity index (χ1v) is 5.40. The molecule has 0 saturated heterocycles. The normalized spacial score (nSPS) is 12.1. The van der Waals surface area contributed by atoms with Crippen molar-refractivity contribution in [3.8, 4) is 0 Å². The molecular weight excluding hydrogens is 206 g/mol. The summed E-state index contributed by atoms with van der Waals surface area (Å²) in [7, 11) is -4.07. The molecule has 2 aromatic rings. The van der Waals surface area contributed by atoms with Gasteiger partial charge in [0.15, 0.2) is 0 Å². The van der Waals surface area contributed by atoms with E-state index in [1.165, 1.54) is 6.20 Å². The summed E-state index contributed by atoms with van der Waals surface area (Å²) in [5.41, 5.74) is 0.554. The SMILES string of the molecule is O=S(=O)(O)Cc1ncc2cc[nH]c2n1. The highest BCUT2D eigenvalue weighted by Gasteiger charge is 2.09. The molecule has 74 valence electrons. The molecule has 0 fully saturated rings. The number of H-pyrrole nitrogens is 1. The van der Waals surface area contributed by atoms with Crippen LogP contribution >= 0.6 is 0 Å². The zero-order valence-electron chi connectivity index (χ0n) is 7.01. The van der Waals surface area contributed by atoms with Gasteiger partial charge < -0.3 is 4.98 Å². The third kappa shape index (κ3) is 1.88. The van der Waals surface area contributed by atoms with Crippen molar-refractivity contribution < 1.29 is 13.0 Å². The monoisotopic (exact) mass is 213 g/mol. The summed E-state index contributed by atoms with van der Waals surface area (Å²) in [6.07, 6.45) is 3.18. The Balaban J connectivity index is 2.44. The molecule has 0 aliphatic rings. The Hall–Kier alpha value is -1.47. The third-order valence-corrected chi connectivity index (χ3v) is 2.28. The lowest BCUT2D eigenvalue weighted by atomic mass is 10.4. The van der Waals surface area contributed by atoms with Gasteiger partial charge in [0.25, 0.3) is 10.1 Å². The summed E-state index contributed by atoms with van der Waals surface area (Å²) in [6, 6.07) is 1.77. The van der Waals surface area contributed by atoms with Crippen molar-refractivity contribution in [2.24, 2.45) is 0 Å². The van der Waals surface area contributed by atoms with E-state index in [2.05, 4.69) is 15.0 Å². The van der Waals surface area contributed by atoms with Crippen molar-refractivity contribution in [2.45, 2.75) is 5.75 Å². The minimum Gasteiger partial charge on any atom is -0.346 e. The molecule has 0 atom stereocenters. The first-order valence-electron chi connectivity index (χ1n) is 3.79. The van der Waals surface area contributed by atoms with Gasteiger partial charge >= 0.3 is 0 Å². The highest BCUT2D eigenvalue weighted by Crippen LogP contribution is 2.08. The Morgan fingerprint density at radius 2 is 2.29 bits per heavy atom. The Labute approximate surface area is 79.8 Å². The molecule has 0 unspecified atom stereocenters. The molecule has 0 saturated carbocycles. The van der Waals surface area contributed by atoms with Crippen molar-refractivity contribution >= 4 is 21.2 Å². The number of fused-ring (bicyclic) bond motifs is 1. The molecule has 0 aliphatic heterocycles. The molecule has 2 heterocycles. The Kier molecular flexibility index (Phi) is 1.97. The van der Waals surface area contributed by atoms with Gasteiger partial charge in [-0.2, -0.15) is 8.42 Å². The Morgan fingerprint density at radius 1 is 1.50 bits per heavy atom. The summed E-state index contributed by atoms with van der Waals surface area (Å²) < 4.78 is 29.7. The van der Waals surface area contributed by atoms with E-state index < -0.39 is 15.9 Å². The van der Waals surface area contributed by atoms with Crippen molar-refractivity contribution in [1.29, 1.82) is 0 Å². The molecular formula is C7H7N3O3S. The summed E-state index contributed by atoms with van der Waals surface area (Å²) in [5, 5.41) is 0.795. The number of rotatable bonds is 2. The van der Waals surface area contributed by atoms with Crippen LogP contribution in [0.4, 0.5) is 0 Å². The van der Waals surface area contributed by atoms with Gasteiger partial charge in [-0.25, -0.2) is 9.97 Å². The molecule has 0 bridgehead atoms. The number of aromatic nitrogens is 3. The smallest absolute Gasteiger partial charge is 0.272 e. The van der Waals surface area contributed by atoms with Gasteiger partial charge in [-0.05, 0) is 6.07 Å². The van der Waals surface area contributed by atoms with Crippen LogP contribution in [0.15, 0.2) is 18.5 Å². The minimum absolute atomic E-state index is 0.0717. The van der Waals surface area contributed by atoms with Gasteiger partial charge in [-0.3, -0.25) is 4.55 Å². The number of nitrogens with one attached hydrogen (secondary N) is 1. The quantitative estimate of drug-likeness (QED) is 0.701. The maximum atomic E-state index is 10.5. The number of hydrogen-bond acceptors (Lipinski definition) is 4. The van der Waals surface area contributed by atoms with Gasteiger partial charge in [-0.1, -0.05) is 0 Å². The van der Waals surface area contributed by atoms with Crippen LogP contribution in [0, 0.1) is 0 Å². The molecule has 2 aromatic heterocycles. The number of aromatic amines is 1. The average molecular weight is 213 g/mol. The molecule has 0 aliphatic carbocycles. The van der Waals surface area contributed by atoms with E-state index in [4.69, 9.17) is 4.55 Å². The maximum Gasteiger partial charge on any atom is 0.272 e. The van der Waals surface area contributed by atoms with Gasteiger partial charge in [0.2, 0.25) is 0 Å². The second-order valence-corrected chi connectivity index (χ2v) is 4.25. The highest BCUT2D eigenvalue weighted by molar-refractivity contribution is 7.84. The zero-order valence-corrected chi connectivity index (χ0v) is 7.82. The lowest BCUT2D eigenvalue weighted by Crippen LogP contribution is -2.05. The molecule has 2 rings (SSSR count). The molecule has 0 amide bonds. The van der Waals surface area contributed by atoms with E-state index in [9.17, 15) is 8.42 Å². The Morgan fingerprint density at radius 3 is 3.00 bits per heavy atom. The molecule has 2 N–H and O–H groups in total. The standard InChI is InChI=1S/C7H7N3O3S/c11-14(12,13)4-6-9-3-5-1-2-8-7(5)10-6/h1-3H,4H2,(H,8,9,10)(H,11,12,13). The average Bonchev–Trinajstić information content (AvgIpc) is 2.47. The van der Waals surface area contributed by atoms with E-state index in [0.29, 0.717) is 5.65 Å². The summed E-state index contributed by atoms with van der Waals surface area (Å²) >= 11 is 0. The largest absolute Gasteiger partial charge is 0.346 e. The lowest BCUT2D eigenvalue weighted by Gasteiger charge is -1.96. The Bertz CT molecular complexity index is 560. The van der Waals surface area contributed by atoms with E-state index in [1.807, 2.05) is 0 Å². The third-order valence-electron chi connectivity index (χ3n) is 1.66. The van der Waals surface area contributed by atoms with Gasteiger partial charge in [-0.15, -0.1) is 0 Å². The van der Waals surface area contributed by atoms with E-state index in [0.717, 1.165) is 5.39 Å².